The number of rotatable bonds is 8. The van der Waals surface area contributed by atoms with Gasteiger partial charge in [-0.15, -0.1) is 35.3 Å². The number of guanidine groups is 1. The molecule has 30 heavy (non-hydrogen) atoms. The van der Waals surface area contributed by atoms with E-state index in [4.69, 9.17) is 9.73 Å². The summed E-state index contributed by atoms with van der Waals surface area (Å²) in [6.45, 7) is 10.8. The first-order chi connectivity index (χ1) is 14.1. The van der Waals surface area contributed by atoms with Crippen LogP contribution in [0.1, 0.15) is 46.9 Å². The van der Waals surface area contributed by atoms with Crippen LogP contribution in [0.2, 0.25) is 0 Å². The molecule has 1 aromatic carbocycles. The number of benzene rings is 1. The van der Waals surface area contributed by atoms with E-state index >= 15 is 0 Å². The molecule has 0 amide bonds. The second kappa shape index (κ2) is 12.5. The molecule has 1 fully saturated rings. The van der Waals surface area contributed by atoms with Crippen molar-refractivity contribution in [2.45, 2.75) is 46.2 Å². The zero-order valence-electron chi connectivity index (χ0n) is 18.4. The molecule has 1 aromatic heterocycles. The molecule has 1 saturated heterocycles. The molecule has 1 aliphatic rings. The van der Waals surface area contributed by atoms with E-state index in [-0.39, 0.29) is 24.0 Å². The number of likely N-dealkylation sites (tertiary alicyclic amines) is 1. The molecule has 1 unspecified atom stereocenters. The lowest BCUT2D eigenvalue weighted by Gasteiger charge is -2.29. The Balaban J connectivity index is 0.00000320. The minimum absolute atomic E-state index is 0. The van der Waals surface area contributed by atoms with E-state index in [0.29, 0.717) is 12.6 Å². The summed E-state index contributed by atoms with van der Waals surface area (Å²) in [7, 11) is 1.71. The summed E-state index contributed by atoms with van der Waals surface area (Å²) in [5.41, 5.74) is 2.41. The molecule has 0 radical (unpaired) electrons. The van der Waals surface area contributed by atoms with Crippen LogP contribution in [0.5, 0.6) is 5.75 Å². The maximum Gasteiger partial charge on any atom is 0.191 e. The van der Waals surface area contributed by atoms with Crippen LogP contribution in [0.3, 0.4) is 0 Å². The number of ether oxygens (including phenoxy) is 1. The molecule has 2 N–H and O–H groups in total. The third-order valence-electron chi connectivity index (χ3n) is 5.33. The summed E-state index contributed by atoms with van der Waals surface area (Å²) in [6, 6.07) is 8.76. The maximum absolute atomic E-state index is 5.33. The second-order valence-electron chi connectivity index (χ2n) is 7.36. The number of hydrogen-bond acceptors (Lipinski definition) is 5. The topological polar surface area (TPSA) is 61.8 Å². The van der Waals surface area contributed by atoms with Crippen LogP contribution in [0.15, 0.2) is 29.3 Å². The van der Waals surface area contributed by atoms with Gasteiger partial charge in [-0.05, 0) is 64.4 Å². The van der Waals surface area contributed by atoms with Gasteiger partial charge < -0.3 is 15.4 Å². The predicted octanol–water partition coefficient (Wildman–Crippen LogP) is 4.28. The van der Waals surface area contributed by atoms with Crippen LogP contribution in [0.4, 0.5) is 0 Å². The zero-order chi connectivity index (χ0) is 20.6. The van der Waals surface area contributed by atoms with Crippen LogP contribution in [-0.2, 0) is 6.54 Å². The molecule has 166 valence electrons. The lowest BCUT2D eigenvalue weighted by Crippen LogP contribution is -2.42. The number of halogens is 1. The van der Waals surface area contributed by atoms with E-state index in [2.05, 4.69) is 53.4 Å². The van der Waals surface area contributed by atoms with Gasteiger partial charge in [-0.25, -0.2) is 9.98 Å². The highest BCUT2D eigenvalue weighted by Gasteiger charge is 2.23. The average Bonchev–Trinajstić information content (AvgIpc) is 3.37. The van der Waals surface area contributed by atoms with E-state index in [1.807, 2.05) is 12.1 Å². The molecule has 2 heterocycles. The first-order valence-electron chi connectivity index (χ1n) is 10.4. The maximum atomic E-state index is 5.33. The van der Waals surface area contributed by atoms with Gasteiger partial charge in [0.05, 0.1) is 25.4 Å². The van der Waals surface area contributed by atoms with Crippen molar-refractivity contribution in [3.63, 3.8) is 0 Å². The molecule has 3 rings (SSSR count). The third kappa shape index (κ3) is 6.81. The molecule has 2 aromatic rings. The standard InChI is InChI=1S/C22H33N5OS.HI/c1-5-23-22(25-15-21-26-16(2)17(3)29-21)24-14-20(27-12-6-7-13-27)18-8-10-19(28-4)11-9-18;/h8-11,20H,5-7,12-15H2,1-4H3,(H2,23,24,25);1H. The highest BCUT2D eigenvalue weighted by Crippen LogP contribution is 2.26. The number of aromatic nitrogens is 1. The van der Waals surface area contributed by atoms with E-state index in [1.165, 1.54) is 23.3 Å². The Hall–Kier alpha value is -1.39. The summed E-state index contributed by atoms with van der Waals surface area (Å²) in [5, 5.41) is 7.99. The van der Waals surface area contributed by atoms with Crippen molar-refractivity contribution in [3.8, 4) is 5.75 Å². The van der Waals surface area contributed by atoms with Gasteiger partial charge in [-0.2, -0.15) is 0 Å². The van der Waals surface area contributed by atoms with E-state index in [0.717, 1.165) is 48.6 Å². The number of nitrogens with one attached hydrogen (secondary N) is 2. The first kappa shape index (κ1) is 24.9. The fraction of sp³-hybridized carbons (Fsp3) is 0.545. The van der Waals surface area contributed by atoms with Gasteiger partial charge >= 0.3 is 0 Å². The lowest BCUT2D eigenvalue weighted by atomic mass is 10.1. The highest BCUT2D eigenvalue weighted by atomic mass is 127. The smallest absolute Gasteiger partial charge is 0.191 e. The zero-order valence-corrected chi connectivity index (χ0v) is 21.5. The molecule has 8 heteroatoms. The molecule has 0 spiro atoms. The van der Waals surface area contributed by atoms with Crippen molar-refractivity contribution >= 4 is 41.3 Å². The monoisotopic (exact) mass is 543 g/mol. The van der Waals surface area contributed by atoms with Crippen molar-refractivity contribution in [2.24, 2.45) is 4.99 Å². The van der Waals surface area contributed by atoms with Crippen molar-refractivity contribution in [1.82, 2.24) is 20.5 Å². The van der Waals surface area contributed by atoms with Crippen LogP contribution in [-0.4, -0.2) is 49.1 Å². The van der Waals surface area contributed by atoms with Gasteiger partial charge in [0, 0.05) is 18.0 Å². The molecular formula is C22H34IN5OS. The lowest BCUT2D eigenvalue weighted by molar-refractivity contribution is 0.245. The van der Waals surface area contributed by atoms with Gasteiger partial charge in [0.2, 0.25) is 0 Å². The van der Waals surface area contributed by atoms with Gasteiger partial charge in [0.15, 0.2) is 5.96 Å². The van der Waals surface area contributed by atoms with Gasteiger partial charge in [-0.3, -0.25) is 4.90 Å². The fourth-order valence-electron chi connectivity index (χ4n) is 3.63. The molecule has 0 bridgehead atoms. The quantitative estimate of drug-likeness (QED) is 0.296. The summed E-state index contributed by atoms with van der Waals surface area (Å²) in [4.78, 5) is 13.2. The minimum Gasteiger partial charge on any atom is -0.497 e. The van der Waals surface area contributed by atoms with Crippen molar-refractivity contribution in [3.05, 3.63) is 45.4 Å². The molecular weight excluding hydrogens is 509 g/mol. The normalized spacial score (nSPS) is 15.5. The fourth-order valence-corrected chi connectivity index (χ4v) is 4.48. The summed E-state index contributed by atoms with van der Waals surface area (Å²) in [6.07, 6.45) is 2.53. The number of aryl methyl sites for hydroxylation is 2. The van der Waals surface area contributed by atoms with Crippen LogP contribution < -0.4 is 15.4 Å². The largest absolute Gasteiger partial charge is 0.497 e. The highest BCUT2D eigenvalue weighted by molar-refractivity contribution is 14.0. The summed E-state index contributed by atoms with van der Waals surface area (Å²) < 4.78 is 5.33. The van der Waals surface area contributed by atoms with Gasteiger partial charge in [-0.1, -0.05) is 12.1 Å². The van der Waals surface area contributed by atoms with Gasteiger partial charge in [0.1, 0.15) is 10.8 Å². The first-order valence-corrected chi connectivity index (χ1v) is 11.3. The Bertz CT molecular complexity index is 783. The number of nitrogens with zero attached hydrogens (tertiary/aromatic N) is 3. The molecule has 1 atom stereocenters. The number of aliphatic imine (C=N–C) groups is 1. The Morgan fingerprint density at radius 2 is 1.90 bits per heavy atom. The van der Waals surface area contributed by atoms with E-state index in [9.17, 15) is 0 Å². The predicted molar refractivity (Wildman–Crippen MR) is 136 cm³/mol. The third-order valence-corrected chi connectivity index (χ3v) is 6.39. The van der Waals surface area contributed by atoms with Crippen LogP contribution in [0, 0.1) is 13.8 Å². The van der Waals surface area contributed by atoms with E-state index in [1.54, 1.807) is 18.4 Å². The second-order valence-corrected chi connectivity index (χ2v) is 8.65. The Morgan fingerprint density at radius 1 is 1.20 bits per heavy atom. The Morgan fingerprint density at radius 3 is 2.47 bits per heavy atom. The van der Waals surface area contributed by atoms with Crippen molar-refractivity contribution < 1.29 is 4.74 Å². The summed E-state index contributed by atoms with van der Waals surface area (Å²) >= 11 is 1.73. The molecule has 0 aliphatic carbocycles. The number of methoxy groups -OCH3 is 1. The van der Waals surface area contributed by atoms with Gasteiger partial charge in [0.25, 0.3) is 0 Å². The number of hydrogen-bond donors (Lipinski definition) is 2. The van der Waals surface area contributed by atoms with Crippen LogP contribution in [0.25, 0.3) is 0 Å². The van der Waals surface area contributed by atoms with Crippen LogP contribution >= 0.6 is 35.3 Å². The van der Waals surface area contributed by atoms with Crippen molar-refractivity contribution in [1.29, 1.82) is 0 Å². The molecule has 1 aliphatic heterocycles. The Kier molecular flexibility index (Phi) is 10.3. The average molecular weight is 544 g/mol. The Labute approximate surface area is 201 Å². The molecule has 6 nitrogen and oxygen atoms in total. The van der Waals surface area contributed by atoms with Crippen molar-refractivity contribution in [2.75, 3.05) is 33.3 Å². The SMILES string of the molecule is CCNC(=NCc1nc(C)c(C)s1)NCC(c1ccc(OC)cc1)N1CCCC1.I. The minimum atomic E-state index is 0. The molecule has 0 saturated carbocycles. The summed E-state index contributed by atoms with van der Waals surface area (Å²) in [5.74, 6) is 1.74. The van der Waals surface area contributed by atoms with E-state index < -0.39 is 0 Å². The number of thiazole rings is 1.